The number of nitrogens with zero attached hydrogens (tertiary/aromatic N) is 1. The summed E-state index contributed by atoms with van der Waals surface area (Å²) < 4.78 is 22.2. The van der Waals surface area contributed by atoms with Crippen LogP contribution < -0.4 is 4.74 Å². The molecule has 0 aromatic heterocycles. The van der Waals surface area contributed by atoms with Crippen LogP contribution in [0.5, 0.6) is 5.75 Å². The third kappa shape index (κ3) is 2.92. The largest absolute Gasteiger partial charge is 0.467 e. The Kier molecular flexibility index (Phi) is 4.89. The SMILES string of the molecule is COCOc1cc(Br)ccc1C1(C#N)CC(OC)(OC)C1. The molecule has 1 aliphatic carbocycles. The molecule has 0 bridgehead atoms. The van der Waals surface area contributed by atoms with Gasteiger partial charge in [-0.15, -0.1) is 0 Å². The quantitative estimate of drug-likeness (QED) is 0.734. The lowest BCUT2D eigenvalue weighted by Crippen LogP contribution is -2.56. The molecule has 1 aromatic rings. The highest BCUT2D eigenvalue weighted by Gasteiger charge is 2.58. The van der Waals surface area contributed by atoms with E-state index in [0.717, 1.165) is 10.0 Å². The molecule has 1 aromatic carbocycles. The summed E-state index contributed by atoms with van der Waals surface area (Å²) in [5.74, 6) is -0.0602. The molecule has 114 valence electrons. The first-order valence-electron chi connectivity index (χ1n) is 6.48. The Balaban J connectivity index is 2.34. The van der Waals surface area contributed by atoms with Crippen LogP contribution in [0.3, 0.4) is 0 Å². The van der Waals surface area contributed by atoms with Gasteiger partial charge in [-0.3, -0.25) is 0 Å². The van der Waals surface area contributed by atoms with Crippen LogP contribution in [0.1, 0.15) is 18.4 Å². The number of benzene rings is 1. The van der Waals surface area contributed by atoms with Crippen molar-refractivity contribution >= 4 is 15.9 Å². The van der Waals surface area contributed by atoms with E-state index in [1.165, 1.54) is 0 Å². The van der Waals surface area contributed by atoms with Crippen molar-refractivity contribution in [3.8, 4) is 11.8 Å². The highest BCUT2D eigenvalue weighted by Crippen LogP contribution is 2.54. The predicted octanol–water partition coefficient (Wildman–Crippen LogP) is 2.98. The van der Waals surface area contributed by atoms with E-state index in [-0.39, 0.29) is 6.79 Å². The van der Waals surface area contributed by atoms with Gasteiger partial charge in [0.25, 0.3) is 0 Å². The minimum absolute atomic E-state index is 0.130. The first-order valence-corrected chi connectivity index (χ1v) is 7.27. The summed E-state index contributed by atoms with van der Waals surface area (Å²) >= 11 is 3.41. The van der Waals surface area contributed by atoms with Crippen molar-refractivity contribution in [1.82, 2.24) is 0 Å². The minimum Gasteiger partial charge on any atom is -0.467 e. The maximum atomic E-state index is 9.67. The molecule has 2 rings (SSSR count). The molecule has 1 saturated carbocycles. The summed E-state index contributed by atoms with van der Waals surface area (Å²) in [5, 5.41) is 9.67. The predicted molar refractivity (Wildman–Crippen MR) is 79.9 cm³/mol. The third-order valence-electron chi connectivity index (χ3n) is 3.89. The van der Waals surface area contributed by atoms with E-state index in [4.69, 9.17) is 18.9 Å². The lowest BCUT2D eigenvalue weighted by Gasteiger charge is -2.50. The molecule has 5 nitrogen and oxygen atoms in total. The fourth-order valence-electron chi connectivity index (χ4n) is 2.70. The number of methoxy groups -OCH3 is 3. The van der Waals surface area contributed by atoms with Gasteiger partial charge in [0.2, 0.25) is 0 Å². The van der Waals surface area contributed by atoms with Crippen molar-refractivity contribution in [2.45, 2.75) is 24.0 Å². The van der Waals surface area contributed by atoms with E-state index in [2.05, 4.69) is 22.0 Å². The zero-order chi connectivity index (χ0) is 15.5. The van der Waals surface area contributed by atoms with Gasteiger partial charge in [-0.05, 0) is 12.1 Å². The van der Waals surface area contributed by atoms with Crippen LogP contribution in [0, 0.1) is 11.3 Å². The summed E-state index contributed by atoms with van der Waals surface area (Å²) in [7, 11) is 4.74. The number of halogens is 1. The van der Waals surface area contributed by atoms with E-state index in [0.29, 0.717) is 18.6 Å². The van der Waals surface area contributed by atoms with Gasteiger partial charge < -0.3 is 18.9 Å². The Morgan fingerprint density at radius 3 is 2.43 bits per heavy atom. The first-order chi connectivity index (χ1) is 10.0. The zero-order valence-electron chi connectivity index (χ0n) is 12.3. The van der Waals surface area contributed by atoms with Gasteiger partial charge in [0, 0.05) is 44.2 Å². The molecule has 0 heterocycles. The molecular formula is C15H18BrNO4. The van der Waals surface area contributed by atoms with E-state index in [1.54, 1.807) is 21.3 Å². The van der Waals surface area contributed by atoms with Gasteiger partial charge in [0.05, 0.1) is 11.5 Å². The van der Waals surface area contributed by atoms with Crippen LogP contribution >= 0.6 is 15.9 Å². The molecule has 0 aliphatic heterocycles. The van der Waals surface area contributed by atoms with Crippen molar-refractivity contribution in [2.24, 2.45) is 0 Å². The second-order valence-electron chi connectivity index (χ2n) is 5.06. The van der Waals surface area contributed by atoms with Crippen LogP contribution in [0.2, 0.25) is 0 Å². The van der Waals surface area contributed by atoms with E-state index in [9.17, 15) is 5.26 Å². The van der Waals surface area contributed by atoms with E-state index >= 15 is 0 Å². The van der Waals surface area contributed by atoms with Gasteiger partial charge in [-0.1, -0.05) is 22.0 Å². The molecule has 0 saturated heterocycles. The van der Waals surface area contributed by atoms with Gasteiger partial charge in [-0.2, -0.15) is 5.26 Å². The first kappa shape index (κ1) is 16.2. The molecule has 0 radical (unpaired) electrons. The molecule has 0 amide bonds. The van der Waals surface area contributed by atoms with Crippen molar-refractivity contribution in [2.75, 3.05) is 28.1 Å². The van der Waals surface area contributed by atoms with Crippen molar-refractivity contribution < 1.29 is 18.9 Å². The average molecular weight is 356 g/mol. The zero-order valence-corrected chi connectivity index (χ0v) is 13.9. The molecule has 21 heavy (non-hydrogen) atoms. The van der Waals surface area contributed by atoms with Gasteiger partial charge in [0.1, 0.15) is 5.75 Å². The lowest BCUT2D eigenvalue weighted by atomic mass is 9.61. The van der Waals surface area contributed by atoms with Gasteiger partial charge >= 0.3 is 0 Å². The topological polar surface area (TPSA) is 60.7 Å². The van der Waals surface area contributed by atoms with Crippen LogP contribution in [0.15, 0.2) is 22.7 Å². The fourth-order valence-corrected chi connectivity index (χ4v) is 3.04. The molecule has 1 aliphatic rings. The smallest absolute Gasteiger partial charge is 0.188 e. The second kappa shape index (κ2) is 6.32. The molecule has 0 spiro atoms. The van der Waals surface area contributed by atoms with Gasteiger partial charge in [0.15, 0.2) is 12.6 Å². The molecule has 1 fully saturated rings. The monoisotopic (exact) mass is 355 g/mol. The van der Waals surface area contributed by atoms with Gasteiger partial charge in [-0.25, -0.2) is 0 Å². The Labute approximate surface area is 132 Å². The molecule has 0 atom stereocenters. The fraction of sp³-hybridized carbons (Fsp3) is 0.533. The summed E-state index contributed by atoms with van der Waals surface area (Å²) in [6.45, 7) is 0.130. The Morgan fingerprint density at radius 2 is 1.90 bits per heavy atom. The number of ether oxygens (including phenoxy) is 4. The third-order valence-corrected chi connectivity index (χ3v) is 4.39. The number of rotatable bonds is 6. The van der Waals surface area contributed by atoms with E-state index < -0.39 is 11.2 Å². The number of hydrogen-bond donors (Lipinski definition) is 0. The summed E-state index contributed by atoms with van der Waals surface area (Å²) in [6, 6.07) is 8.03. The Morgan fingerprint density at radius 1 is 1.24 bits per heavy atom. The lowest BCUT2D eigenvalue weighted by molar-refractivity contribution is -0.269. The van der Waals surface area contributed by atoms with Crippen molar-refractivity contribution in [3.63, 3.8) is 0 Å². The van der Waals surface area contributed by atoms with Crippen LogP contribution in [0.4, 0.5) is 0 Å². The molecule has 0 unspecified atom stereocenters. The van der Waals surface area contributed by atoms with E-state index in [1.807, 2.05) is 18.2 Å². The van der Waals surface area contributed by atoms with Crippen molar-refractivity contribution in [1.29, 1.82) is 5.26 Å². The normalized spacial score (nSPS) is 18.6. The highest BCUT2D eigenvalue weighted by molar-refractivity contribution is 9.10. The van der Waals surface area contributed by atoms with Crippen LogP contribution in [-0.4, -0.2) is 33.9 Å². The summed E-state index contributed by atoms with van der Waals surface area (Å²) in [4.78, 5) is 0. The number of hydrogen-bond acceptors (Lipinski definition) is 5. The van der Waals surface area contributed by atoms with Crippen LogP contribution in [0.25, 0.3) is 0 Å². The Bertz CT molecular complexity index is 543. The maximum absolute atomic E-state index is 9.67. The molecule has 0 N–H and O–H groups in total. The average Bonchev–Trinajstić information content (AvgIpc) is 2.47. The number of nitriles is 1. The van der Waals surface area contributed by atoms with Crippen LogP contribution in [-0.2, 0) is 19.6 Å². The standard InChI is InChI=1S/C15H18BrNO4/c1-18-10-21-13-6-11(16)4-5-12(13)14(9-17)7-15(8-14,19-2)20-3/h4-6H,7-8,10H2,1-3H3. The van der Waals surface area contributed by atoms with Crippen molar-refractivity contribution in [3.05, 3.63) is 28.2 Å². The summed E-state index contributed by atoms with van der Waals surface area (Å²) in [5.41, 5.74) is 0.158. The minimum atomic E-state index is -0.693. The maximum Gasteiger partial charge on any atom is 0.188 e. The molecule has 6 heteroatoms. The summed E-state index contributed by atoms with van der Waals surface area (Å²) in [6.07, 6.45) is 0.933. The molecular weight excluding hydrogens is 338 g/mol. The second-order valence-corrected chi connectivity index (χ2v) is 5.97. The highest BCUT2D eigenvalue weighted by atomic mass is 79.9. The Hall–Kier alpha value is -1.13.